The molecule has 0 aromatic heterocycles. The van der Waals surface area contributed by atoms with Gasteiger partial charge >= 0.3 is 0 Å². The molecular weight excluding hydrogens is 284 g/mol. The number of nitrogens with zero attached hydrogens (tertiary/aromatic N) is 2. The van der Waals surface area contributed by atoms with Crippen LogP contribution in [0.4, 0.5) is 0 Å². The second-order valence-electron chi connectivity index (χ2n) is 5.61. The van der Waals surface area contributed by atoms with Gasteiger partial charge in [-0.1, -0.05) is 0 Å². The van der Waals surface area contributed by atoms with Crippen LogP contribution in [0.1, 0.15) is 6.92 Å². The third kappa shape index (κ3) is 9.68. The molecule has 0 aromatic rings. The van der Waals surface area contributed by atoms with E-state index in [0.29, 0.717) is 13.2 Å². The first-order valence-corrected chi connectivity index (χ1v) is 8.36. The van der Waals surface area contributed by atoms with Gasteiger partial charge < -0.3 is 25.2 Å². The van der Waals surface area contributed by atoms with Gasteiger partial charge in [-0.15, -0.1) is 0 Å². The third-order valence-corrected chi connectivity index (χ3v) is 3.87. The van der Waals surface area contributed by atoms with Crippen molar-refractivity contribution in [3.63, 3.8) is 0 Å². The highest BCUT2D eigenvalue weighted by atomic mass is 16.5. The summed E-state index contributed by atoms with van der Waals surface area (Å²) in [5.74, 6) is 0. The van der Waals surface area contributed by atoms with Crippen molar-refractivity contribution < 1.29 is 14.6 Å². The van der Waals surface area contributed by atoms with Gasteiger partial charge in [0.15, 0.2) is 0 Å². The summed E-state index contributed by atoms with van der Waals surface area (Å²) in [5.41, 5.74) is 0. The number of nitrogens with one attached hydrogen (secondary N) is 2. The van der Waals surface area contributed by atoms with E-state index < -0.39 is 0 Å². The minimum absolute atomic E-state index is 0.271. The maximum Gasteiger partial charge on any atom is 0.104 e. The number of methoxy groups -OCH3 is 1. The van der Waals surface area contributed by atoms with Crippen LogP contribution in [-0.4, -0.2) is 107 Å². The first-order valence-electron chi connectivity index (χ1n) is 8.36. The zero-order valence-corrected chi connectivity index (χ0v) is 14.2. The number of ether oxygens (including phenoxy) is 2. The Morgan fingerprint density at radius 1 is 0.955 bits per heavy atom. The number of rotatable bonds is 7. The molecule has 2 aliphatic rings. The number of hydrogen-bond acceptors (Lipinski definition) is 7. The van der Waals surface area contributed by atoms with Gasteiger partial charge in [0.1, 0.15) is 6.23 Å². The molecule has 7 nitrogen and oxygen atoms in total. The van der Waals surface area contributed by atoms with Crippen LogP contribution < -0.4 is 10.6 Å². The zero-order chi connectivity index (χ0) is 16.0. The average Bonchev–Trinajstić information content (AvgIpc) is 2.57. The lowest BCUT2D eigenvalue weighted by Crippen LogP contribution is -2.47. The van der Waals surface area contributed by atoms with E-state index in [9.17, 15) is 0 Å². The third-order valence-electron chi connectivity index (χ3n) is 3.87. The Morgan fingerprint density at radius 3 is 2.05 bits per heavy atom. The fourth-order valence-electron chi connectivity index (χ4n) is 2.43. The van der Waals surface area contributed by atoms with Crippen molar-refractivity contribution >= 4 is 0 Å². The molecular formula is C15H34N4O3. The van der Waals surface area contributed by atoms with Crippen LogP contribution >= 0.6 is 0 Å². The lowest BCUT2D eigenvalue weighted by molar-refractivity contribution is 0.0112. The molecule has 7 heteroatoms. The molecule has 2 aliphatic heterocycles. The molecule has 1 unspecified atom stereocenters. The molecule has 2 rings (SSSR count). The molecule has 2 saturated heterocycles. The second-order valence-corrected chi connectivity index (χ2v) is 5.61. The van der Waals surface area contributed by atoms with Crippen molar-refractivity contribution in [3.05, 3.63) is 0 Å². The van der Waals surface area contributed by atoms with Gasteiger partial charge in [0.25, 0.3) is 0 Å². The Balaban J connectivity index is 0.000000235. The summed E-state index contributed by atoms with van der Waals surface area (Å²) >= 11 is 0. The molecule has 1 atom stereocenters. The molecule has 0 aromatic carbocycles. The molecule has 0 saturated carbocycles. The quantitative estimate of drug-likeness (QED) is 0.509. The Kier molecular flexibility index (Phi) is 11.8. The topological polar surface area (TPSA) is 69.2 Å². The van der Waals surface area contributed by atoms with Crippen LogP contribution in [0.25, 0.3) is 0 Å². The smallest absolute Gasteiger partial charge is 0.104 e. The molecule has 132 valence electrons. The predicted molar refractivity (Wildman–Crippen MR) is 88.1 cm³/mol. The van der Waals surface area contributed by atoms with Crippen LogP contribution in [0, 0.1) is 0 Å². The summed E-state index contributed by atoms with van der Waals surface area (Å²) in [6.07, 6.45) is -0.271. The van der Waals surface area contributed by atoms with Crippen molar-refractivity contribution in [1.29, 1.82) is 0 Å². The van der Waals surface area contributed by atoms with E-state index in [4.69, 9.17) is 14.6 Å². The van der Waals surface area contributed by atoms with Crippen LogP contribution in [0.5, 0.6) is 0 Å². The van der Waals surface area contributed by atoms with Gasteiger partial charge in [-0.2, -0.15) is 0 Å². The first-order chi connectivity index (χ1) is 10.7. The lowest BCUT2D eigenvalue weighted by Gasteiger charge is -2.29. The summed E-state index contributed by atoms with van der Waals surface area (Å²) in [4.78, 5) is 4.47. The first kappa shape index (κ1) is 19.8. The summed E-state index contributed by atoms with van der Waals surface area (Å²) in [6.45, 7) is 13.5. The van der Waals surface area contributed by atoms with Gasteiger partial charge in [0.05, 0.1) is 19.8 Å². The van der Waals surface area contributed by atoms with E-state index in [1.165, 1.54) is 0 Å². The lowest BCUT2D eigenvalue weighted by atomic mass is 10.3. The Labute approximate surface area is 134 Å². The molecule has 2 fully saturated rings. The van der Waals surface area contributed by atoms with Gasteiger partial charge in [-0.25, -0.2) is 0 Å². The fraction of sp³-hybridized carbons (Fsp3) is 1.00. The SMILES string of the molecule is CC(O)N1CCNCC1.COCCOCCN1CCNCC1. The summed E-state index contributed by atoms with van der Waals surface area (Å²) in [6, 6.07) is 0. The maximum atomic E-state index is 9.08. The largest absolute Gasteiger partial charge is 0.382 e. The minimum Gasteiger partial charge on any atom is -0.382 e. The van der Waals surface area contributed by atoms with Crippen LogP contribution in [0.3, 0.4) is 0 Å². The molecule has 0 radical (unpaired) electrons. The van der Waals surface area contributed by atoms with E-state index >= 15 is 0 Å². The van der Waals surface area contributed by atoms with E-state index in [2.05, 4.69) is 20.4 Å². The molecule has 0 aliphatic carbocycles. The summed E-state index contributed by atoms with van der Waals surface area (Å²) in [5, 5.41) is 15.6. The van der Waals surface area contributed by atoms with Gasteiger partial charge in [0.2, 0.25) is 0 Å². The Hall–Kier alpha value is -0.280. The predicted octanol–water partition coefficient (Wildman–Crippen LogP) is -1.22. The van der Waals surface area contributed by atoms with Gasteiger partial charge in [-0.05, 0) is 6.92 Å². The highest BCUT2D eigenvalue weighted by Crippen LogP contribution is 1.95. The molecule has 0 spiro atoms. The van der Waals surface area contributed by atoms with E-state index in [0.717, 1.165) is 65.5 Å². The van der Waals surface area contributed by atoms with Gasteiger partial charge in [0, 0.05) is 66.0 Å². The van der Waals surface area contributed by atoms with E-state index in [1.54, 1.807) is 7.11 Å². The maximum absolute atomic E-state index is 9.08. The Morgan fingerprint density at radius 2 is 1.55 bits per heavy atom. The summed E-state index contributed by atoms with van der Waals surface area (Å²) in [7, 11) is 1.69. The van der Waals surface area contributed by atoms with Crippen LogP contribution in [0.2, 0.25) is 0 Å². The fourth-order valence-corrected chi connectivity index (χ4v) is 2.43. The molecule has 0 amide bonds. The van der Waals surface area contributed by atoms with Crippen LogP contribution in [-0.2, 0) is 9.47 Å². The normalized spacial score (nSPS) is 22.0. The van der Waals surface area contributed by atoms with E-state index in [-0.39, 0.29) is 6.23 Å². The summed E-state index contributed by atoms with van der Waals surface area (Å²) < 4.78 is 10.3. The standard InChI is InChI=1S/C9H20N2O2.C6H14N2O/c1-12-8-9-13-7-6-11-4-2-10-3-5-11;1-6(9)8-4-2-7-3-5-8/h10H,2-9H2,1H3;6-7,9H,2-5H2,1H3. The van der Waals surface area contributed by atoms with Crippen molar-refractivity contribution in [1.82, 2.24) is 20.4 Å². The highest BCUT2D eigenvalue weighted by Gasteiger charge is 2.12. The molecule has 0 bridgehead atoms. The number of hydrogen-bond donors (Lipinski definition) is 3. The number of aliphatic hydroxyl groups excluding tert-OH is 1. The van der Waals surface area contributed by atoms with Gasteiger partial charge in [-0.3, -0.25) is 9.80 Å². The van der Waals surface area contributed by atoms with Crippen molar-refractivity contribution in [2.24, 2.45) is 0 Å². The highest BCUT2D eigenvalue weighted by molar-refractivity contribution is 4.67. The molecule has 2 heterocycles. The number of aliphatic hydroxyl groups is 1. The molecule has 22 heavy (non-hydrogen) atoms. The Bertz CT molecular complexity index is 245. The number of piperazine rings is 2. The van der Waals surface area contributed by atoms with Crippen LogP contribution in [0.15, 0.2) is 0 Å². The molecule has 3 N–H and O–H groups in total. The zero-order valence-electron chi connectivity index (χ0n) is 14.2. The van der Waals surface area contributed by atoms with Crippen molar-refractivity contribution in [2.45, 2.75) is 13.2 Å². The van der Waals surface area contributed by atoms with Crippen molar-refractivity contribution in [3.8, 4) is 0 Å². The monoisotopic (exact) mass is 318 g/mol. The van der Waals surface area contributed by atoms with E-state index in [1.807, 2.05) is 6.92 Å². The minimum atomic E-state index is -0.271. The average molecular weight is 318 g/mol. The van der Waals surface area contributed by atoms with Crippen molar-refractivity contribution in [2.75, 3.05) is 85.8 Å². The second kappa shape index (κ2) is 13.2.